The summed E-state index contributed by atoms with van der Waals surface area (Å²) in [6.45, 7) is 12.1. The fourth-order valence-electron chi connectivity index (χ4n) is 5.20. The Morgan fingerprint density at radius 2 is 1.82 bits per heavy atom. The Bertz CT molecular complexity index is 1760. The molecule has 10 nitrogen and oxygen atoms in total. The summed E-state index contributed by atoms with van der Waals surface area (Å²) in [6, 6.07) is 11.4. The van der Waals surface area contributed by atoms with Gasteiger partial charge in [0, 0.05) is 55.9 Å². The fraction of sp³-hybridized carbons (Fsp3) is 0.310. The number of aromatic nitrogens is 6. The number of benzene rings is 2. The molecule has 0 unspecified atom stereocenters. The number of hydrogen-bond donors (Lipinski definition) is 1. The molecule has 2 aromatic carbocycles. The van der Waals surface area contributed by atoms with E-state index >= 15 is 4.39 Å². The maximum Gasteiger partial charge on any atom is 0.278 e. The summed E-state index contributed by atoms with van der Waals surface area (Å²) < 4.78 is 20.3. The van der Waals surface area contributed by atoms with Crippen molar-refractivity contribution in [1.29, 1.82) is 0 Å². The van der Waals surface area contributed by atoms with Crippen molar-refractivity contribution in [2.75, 3.05) is 43.4 Å². The van der Waals surface area contributed by atoms with Crippen molar-refractivity contribution in [1.82, 2.24) is 33.8 Å². The number of piperazine rings is 1. The molecule has 0 saturated carbocycles. The molecule has 0 radical (unpaired) electrons. The highest BCUT2D eigenvalue weighted by atomic mass is 19.1. The molecule has 6 rings (SSSR count). The lowest BCUT2D eigenvalue weighted by atomic mass is 10.2. The number of allylic oxidation sites excluding steroid dienone is 1. The average molecular weight is 542 g/mol. The quantitative estimate of drug-likeness (QED) is 0.307. The van der Waals surface area contributed by atoms with Crippen LogP contribution in [0.5, 0.6) is 0 Å². The van der Waals surface area contributed by atoms with Crippen LogP contribution in [-0.4, -0.2) is 67.0 Å². The maximum atomic E-state index is 15.2. The first kappa shape index (κ1) is 25.8. The maximum absolute atomic E-state index is 15.2. The van der Waals surface area contributed by atoms with Gasteiger partial charge in [-0.3, -0.25) is 4.79 Å². The topological polar surface area (TPSA) is 89.0 Å². The highest BCUT2D eigenvalue weighted by molar-refractivity contribution is 5.82. The van der Waals surface area contributed by atoms with Crippen LogP contribution in [0, 0.1) is 5.82 Å². The van der Waals surface area contributed by atoms with E-state index in [0.717, 1.165) is 31.9 Å². The van der Waals surface area contributed by atoms with Crippen LogP contribution < -0.4 is 15.8 Å². The van der Waals surface area contributed by atoms with E-state index in [1.807, 2.05) is 36.6 Å². The zero-order valence-corrected chi connectivity index (χ0v) is 22.9. The zero-order chi connectivity index (χ0) is 28.0. The highest BCUT2D eigenvalue weighted by Gasteiger charge is 2.20. The van der Waals surface area contributed by atoms with Gasteiger partial charge in [0.2, 0.25) is 5.95 Å². The first-order valence-corrected chi connectivity index (χ1v) is 13.4. The van der Waals surface area contributed by atoms with Gasteiger partial charge in [0.05, 0.1) is 24.1 Å². The minimum absolute atomic E-state index is 0.0807. The van der Waals surface area contributed by atoms with Crippen LogP contribution in [0.4, 0.5) is 21.7 Å². The van der Waals surface area contributed by atoms with Gasteiger partial charge in [-0.15, -0.1) is 6.58 Å². The summed E-state index contributed by atoms with van der Waals surface area (Å²) in [6.07, 6.45) is 4.76. The first-order chi connectivity index (χ1) is 19.3. The molecule has 40 heavy (non-hydrogen) atoms. The molecule has 5 aromatic rings. The summed E-state index contributed by atoms with van der Waals surface area (Å²) in [5.41, 5.74) is 3.46. The molecule has 0 spiro atoms. The van der Waals surface area contributed by atoms with E-state index in [9.17, 15) is 4.79 Å². The number of anilines is 3. The molecule has 1 fully saturated rings. The molecule has 1 N–H and O–H groups in total. The molecule has 3 aromatic heterocycles. The van der Waals surface area contributed by atoms with Crippen molar-refractivity contribution in [2.24, 2.45) is 0 Å². The Balaban J connectivity index is 1.40. The predicted molar refractivity (Wildman–Crippen MR) is 156 cm³/mol. The van der Waals surface area contributed by atoms with Gasteiger partial charge in [-0.05, 0) is 51.2 Å². The molecular formula is C29H32FN9O. The lowest BCUT2D eigenvalue weighted by Gasteiger charge is -2.34. The van der Waals surface area contributed by atoms with Crippen LogP contribution in [0.15, 0.2) is 66.4 Å². The minimum atomic E-state index is -0.473. The van der Waals surface area contributed by atoms with E-state index in [4.69, 9.17) is 4.98 Å². The second-order valence-corrected chi connectivity index (χ2v) is 10.4. The zero-order valence-electron chi connectivity index (χ0n) is 22.9. The summed E-state index contributed by atoms with van der Waals surface area (Å²) in [5.74, 6) is -0.141. The minimum Gasteiger partial charge on any atom is -0.369 e. The molecule has 0 aliphatic carbocycles. The molecule has 0 amide bonds. The van der Waals surface area contributed by atoms with Crippen LogP contribution >= 0.6 is 0 Å². The number of halogens is 1. The van der Waals surface area contributed by atoms with E-state index in [0.29, 0.717) is 28.2 Å². The number of hydrogen-bond acceptors (Lipinski definition) is 7. The molecule has 0 atom stereocenters. The Morgan fingerprint density at radius 3 is 2.52 bits per heavy atom. The molecule has 1 saturated heterocycles. The van der Waals surface area contributed by atoms with Gasteiger partial charge in [-0.2, -0.15) is 4.98 Å². The SMILES string of the molecule is C=CCn1c(=O)c2cnc(Nc3ccc(N4CCN(C)CC4)cc3)nc2n1-c1cc(F)c2ncn(C(C)C)c2c1. The van der Waals surface area contributed by atoms with Crippen LogP contribution in [0.3, 0.4) is 0 Å². The van der Waals surface area contributed by atoms with Crippen molar-refractivity contribution in [3.63, 3.8) is 0 Å². The second-order valence-electron chi connectivity index (χ2n) is 10.4. The predicted octanol–water partition coefficient (Wildman–Crippen LogP) is 4.33. The van der Waals surface area contributed by atoms with Crippen LogP contribution in [-0.2, 0) is 6.54 Å². The summed E-state index contributed by atoms with van der Waals surface area (Å²) in [7, 11) is 2.14. The van der Waals surface area contributed by atoms with E-state index < -0.39 is 5.82 Å². The van der Waals surface area contributed by atoms with E-state index in [-0.39, 0.29) is 23.7 Å². The molecule has 1 aliphatic rings. The largest absolute Gasteiger partial charge is 0.369 e. The number of rotatable bonds is 7. The van der Waals surface area contributed by atoms with Crippen LogP contribution in [0.25, 0.3) is 27.8 Å². The second kappa shape index (κ2) is 10.2. The lowest BCUT2D eigenvalue weighted by Crippen LogP contribution is -2.44. The van der Waals surface area contributed by atoms with Crippen molar-refractivity contribution in [3.8, 4) is 5.69 Å². The van der Waals surface area contributed by atoms with Gasteiger partial charge in [0.15, 0.2) is 11.5 Å². The van der Waals surface area contributed by atoms with Crippen molar-refractivity contribution >= 4 is 39.4 Å². The van der Waals surface area contributed by atoms with Crippen molar-refractivity contribution in [3.05, 3.63) is 77.7 Å². The van der Waals surface area contributed by atoms with Gasteiger partial charge >= 0.3 is 0 Å². The smallest absolute Gasteiger partial charge is 0.278 e. The molecule has 11 heteroatoms. The van der Waals surface area contributed by atoms with E-state index in [2.05, 4.69) is 50.8 Å². The monoisotopic (exact) mass is 541 g/mol. The molecular weight excluding hydrogens is 509 g/mol. The third-order valence-corrected chi connectivity index (χ3v) is 7.39. The van der Waals surface area contributed by atoms with Crippen molar-refractivity contribution in [2.45, 2.75) is 26.4 Å². The Morgan fingerprint density at radius 1 is 1.07 bits per heavy atom. The average Bonchev–Trinajstić information content (AvgIpc) is 3.49. The van der Waals surface area contributed by atoms with Gasteiger partial charge in [0.25, 0.3) is 5.56 Å². The molecule has 1 aliphatic heterocycles. The standard InChI is InChI=1S/C29H32FN9O/c1-5-10-38-28(40)23-17-31-29(33-20-6-8-21(9-7-20)36-13-11-35(4)12-14-36)34-27(23)39(38)22-15-24(30)26-25(16-22)37(18-32-26)19(2)3/h5-9,15-19H,1,10-14H2,2-4H3,(H,31,33,34). The lowest BCUT2D eigenvalue weighted by molar-refractivity contribution is 0.313. The first-order valence-electron chi connectivity index (χ1n) is 13.4. The molecule has 0 bridgehead atoms. The number of imidazole rings is 1. The number of fused-ring (bicyclic) bond motifs is 2. The van der Waals surface area contributed by atoms with Gasteiger partial charge in [-0.25, -0.2) is 23.7 Å². The Kier molecular flexibility index (Phi) is 6.59. The van der Waals surface area contributed by atoms with Gasteiger partial charge in [-0.1, -0.05) is 6.08 Å². The molecule has 4 heterocycles. The Hall–Kier alpha value is -4.51. The van der Waals surface area contributed by atoms with Gasteiger partial charge < -0.3 is 19.7 Å². The van der Waals surface area contributed by atoms with E-state index in [1.54, 1.807) is 17.1 Å². The number of nitrogens with zero attached hydrogens (tertiary/aromatic N) is 8. The summed E-state index contributed by atoms with van der Waals surface area (Å²) in [5, 5.41) is 3.58. The Labute approximate surface area is 231 Å². The summed E-state index contributed by atoms with van der Waals surface area (Å²) in [4.78, 5) is 31.4. The third kappa shape index (κ3) is 4.51. The van der Waals surface area contributed by atoms with Gasteiger partial charge in [0.1, 0.15) is 10.9 Å². The van der Waals surface area contributed by atoms with Crippen LogP contribution in [0.2, 0.25) is 0 Å². The number of likely N-dealkylation sites (N-methyl/N-ethyl adjacent to an activating group) is 1. The molecule has 206 valence electrons. The highest BCUT2D eigenvalue weighted by Crippen LogP contribution is 2.27. The van der Waals surface area contributed by atoms with Crippen molar-refractivity contribution < 1.29 is 4.39 Å². The fourth-order valence-corrected chi connectivity index (χ4v) is 5.20. The third-order valence-electron chi connectivity index (χ3n) is 7.39. The normalized spacial score (nSPS) is 14.5. The van der Waals surface area contributed by atoms with E-state index in [1.165, 1.54) is 22.6 Å². The summed E-state index contributed by atoms with van der Waals surface area (Å²) >= 11 is 0. The number of nitrogens with one attached hydrogen (secondary N) is 1. The van der Waals surface area contributed by atoms with Crippen LogP contribution in [0.1, 0.15) is 19.9 Å².